The molecule has 1 atom stereocenters. The molecule has 1 rings (SSSR count). The lowest BCUT2D eigenvalue weighted by atomic mass is 10.1. The van der Waals surface area contributed by atoms with E-state index in [0.717, 1.165) is 25.3 Å². The lowest BCUT2D eigenvalue weighted by Gasteiger charge is -2.20. The van der Waals surface area contributed by atoms with Crippen molar-refractivity contribution in [1.82, 2.24) is 5.32 Å². The third-order valence-corrected chi connectivity index (χ3v) is 3.32. The second kappa shape index (κ2) is 10.6. The molecule has 0 amide bonds. The second-order valence-electron chi connectivity index (χ2n) is 5.99. The standard InChI is InChI=1S/C18H31NO2/c1-5-6-7-16-8-10-17(11-9-16)21-18(14-20-4)13-19-12-15(2)3/h8-11,15,18-19H,5-7,12-14H2,1-4H3. The molecule has 0 radical (unpaired) electrons. The minimum atomic E-state index is 0.0511. The van der Waals surface area contributed by atoms with Crippen molar-refractivity contribution in [3.8, 4) is 5.75 Å². The van der Waals surface area contributed by atoms with E-state index in [1.807, 2.05) is 0 Å². The number of hydrogen-bond acceptors (Lipinski definition) is 3. The molecule has 0 saturated heterocycles. The minimum Gasteiger partial charge on any atom is -0.487 e. The SMILES string of the molecule is CCCCc1ccc(OC(CNCC(C)C)COC)cc1. The van der Waals surface area contributed by atoms with Crippen molar-refractivity contribution < 1.29 is 9.47 Å². The van der Waals surface area contributed by atoms with Gasteiger partial charge in [0.25, 0.3) is 0 Å². The summed E-state index contributed by atoms with van der Waals surface area (Å²) in [7, 11) is 1.71. The predicted molar refractivity (Wildman–Crippen MR) is 89.1 cm³/mol. The van der Waals surface area contributed by atoms with Gasteiger partial charge in [0.2, 0.25) is 0 Å². The van der Waals surface area contributed by atoms with Gasteiger partial charge in [-0.3, -0.25) is 0 Å². The van der Waals surface area contributed by atoms with Gasteiger partial charge in [-0.25, -0.2) is 0 Å². The summed E-state index contributed by atoms with van der Waals surface area (Å²) < 4.78 is 11.3. The van der Waals surface area contributed by atoms with Crippen molar-refractivity contribution in [2.24, 2.45) is 5.92 Å². The van der Waals surface area contributed by atoms with Gasteiger partial charge >= 0.3 is 0 Å². The molecule has 0 fully saturated rings. The highest BCUT2D eigenvalue weighted by Gasteiger charge is 2.10. The van der Waals surface area contributed by atoms with E-state index >= 15 is 0 Å². The summed E-state index contributed by atoms with van der Waals surface area (Å²) in [5.41, 5.74) is 1.38. The van der Waals surface area contributed by atoms with Gasteiger partial charge in [0.05, 0.1) is 6.61 Å². The molecule has 3 heteroatoms. The Balaban J connectivity index is 2.45. The van der Waals surface area contributed by atoms with Gasteiger partial charge in [-0.05, 0) is 43.0 Å². The summed E-state index contributed by atoms with van der Waals surface area (Å²) >= 11 is 0. The Kier molecular flexibility index (Phi) is 9.11. The lowest BCUT2D eigenvalue weighted by Crippen LogP contribution is -2.36. The van der Waals surface area contributed by atoms with E-state index in [4.69, 9.17) is 9.47 Å². The zero-order chi connectivity index (χ0) is 15.5. The normalized spacial score (nSPS) is 12.6. The van der Waals surface area contributed by atoms with E-state index in [-0.39, 0.29) is 6.10 Å². The van der Waals surface area contributed by atoms with Crippen LogP contribution in [0.3, 0.4) is 0 Å². The van der Waals surface area contributed by atoms with Crippen molar-refractivity contribution in [1.29, 1.82) is 0 Å². The number of unbranched alkanes of at least 4 members (excludes halogenated alkanes) is 1. The summed E-state index contributed by atoms with van der Waals surface area (Å²) in [4.78, 5) is 0. The van der Waals surface area contributed by atoms with Crippen LogP contribution in [-0.4, -0.2) is 32.9 Å². The molecule has 0 heterocycles. The first-order valence-electron chi connectivity index (χ1n) is 8.11. The van der Waals surface area contributed by atoms with Crippen LogP contribution in [0.5, 0.6) is 5.75 Å². The maximum absolute atomic E-state index is 6.01. The summed E-state index contributed by atoms with van der Waals surface area (Å²) in [6, 6.07) is 8.46. The molecule has 0 spiro atoms. The van der Waals surface area contributed by atoms with Crippen LogP contribution in [0.15, 0.2) is 24.3 Å². The molecule has 3 nitrogen and oxygen atoms in total. The quantitative estimate of drug-likeness (QED) is 0.675. The average Bonchev–Trinajstić information content (AvgIpc) is 2.46. The summed E-state index contributed by atoms with van der Waals surface area (Å²) in [6.07, 6.45) is 3.67. The van der Waals surface area contributed by atoms with Gasteiger partial charge in [0, 0.05) is 13.7 Å². The topological polar surface area (TPSA) is 30.5 Å². The Morgan fingerprint density at radius 3 is 2.38 bits per heavy atom. The van der Waals surface area contributed by atoms with Gasteiger partial charge in [-0.15, -0.1) is 0 Å². The number of methoxy groups -OCH3 is 1. The van der Waals surface area contributed by atoms with Crippen LogP contribution in [0.1, 0.15) is 39.2 Å². The van der Waals surface area contributed by atoms with Gasteiger partial charge < -0.3 is 14.8 Å². The fourth-order valence-corrected chi connectivity index (χ4v) is 2.16. The average molecular weight is 293 g/mol. The molecule has 0 aromatic heterocycles. The molecule has 1 N–H and O–H groups in total. The summed E-state index contributed by atoms with van der Waals surface area (Å²) in [5, 5.41) is 3.42. The van der Waals surface area contributed by atoms with Crippen LogP contribution >= 0.6 is 0 Å². The maximum atomic E-state index is 6.01. The number of benzene rings is 1. The molecule has 0 aliphatic rings. The number of hydrogen-bond donors (Lipinski definition) is 1. The fourth-order valence-electron chi connectivity index (χ4n) is 2.16. The Bertz CT molecular complexity index is 362. The van der Waals surface area contributed by atoms with E-state index in [9.17, 15) is 0 Å². The van der Waals surface area contributed by atoms with Gasteiger partial charge in [-0.1, -0.05) is 39.3 Å². The second-order valence-corrected chi connectivity index (χ2v) is 5.99. The van der Waals surface area contributed by atoms with Crippen LogP contribution < -0.4 is 10.1 Å². The number of aryl methyl sites for hydroxylation is 1. The Labute approximate surface area is 130 Å². The van der Waals surface area contributed by atoms with Crippen LogP contribution in [-0.2, 0) is 11.2 Å². The Hall–Kier alpha value is -1.06. The fraction of sp³-hybridized carbons (Fsp3) is 0.667. The van der Waals surface area contributed by atoms with E-state index in [1.165, 1.54) is 18.4 Å². The molecule has 21 heavy (non-hydrogen) atoms. The molecular weight excluding hydrogens is 262 g/mol. The van der Waals surface area contributed by atoms with Gasteiger partial charge in [-0.2, -0.15) is 0 Å². The molecule has 1 aromatic carbocycles. The molecule has 0 aliphatic heterocycles. The Morgan fingerprint density at radius 2 is 1.81 bits per heavy atom. The van der Waals surface area contributed by atoms with Crippen molar-refractivity contribution >= 4 is 0 Å². The van der Waals surface area contributed by atoms with Crippen LogP contribution in [0.4, 0.5) is 0 Å². The van der Waals surface area contributed by atoms with E-state index in [1.54, 1.807) is 7.11 Å². The minimum absolute atomic E-state index is 0.0511. The first kappa shape index (κ1) is 18.0. The lowest BCUT2D eigenvalue weighted by molar-refractivity contribution is 0.0802. The number of nitrogens with one attached hydrogen (secondary N) is 1. The van der Waals surface area contributed by atoms with E-state index < -0.39 is 0 Å². The van der Waals surface area contributed by atoms with Crippen molar-refractivity contribution in [3.05, 3.63) is 29.8 Å². The monoisotopic (exact) mass is 293 g/mol. The van der Waals surface area contributed by atoms with Crippen LogP contribution in [0.2, 0.25) is 0 Å². The zero-order valence-electron chi connectivity index (χ0n) is 14.0. The highest BCUT2D eigenvalue weighted by Crippen LogP contribution is 2.15. The molecule has 0 saturated carbocycles. The molecule has 0 bridgehead atoms. The number of ether oxygens (including phenoxy) is 2. The van der Waals surface area contributed by atoms with Crippen molar-refractivity contribution in [3.63, 3.8) is 0 Å². The molecule has 1 aromatic rings. The first-order valence-corrected chi connectivity index (χ1v) is 8.11. The zero-order valence-corrected chi connectivity index (χ0v) is 14.0. The largest absolute Gasteiger partial charge is 0.487 e. The predicted octanol–water partition coefficient (Wildman–Crippen LogP) is 3.67. The van der Waals surface area contributed by atoms with Gasteiger partial charge in [0.1, 0.15) is 11.9 Å². The summed E-state index contributed by atoms with van der Waals surface area (Å²) in [6.45, 7) is 9.03. The number of rotatable bonds is 11. The van der Waals surface area contributed by atoms with Crippen molar-refractivity contribution in [2.45, 2.75) is 46.1 Å². The highest BCUT2D eigenvalue weighted by atomic mass is 16.5. The van der Waals surface area contributed by atoms with Crippen molar-refractivity contribution in [2.75, 3.05) is 26.8 Å². The summed E-state index contributed by atoms with van der Waals surface area (Å²) in [5.74, 6) is 1.56. The van der Waals surface area contributed by atoms with E-state index in [2.05, 4.69) is 50.4 Å². The highest BCUT2D eigenvalue weighted by molar-refractivity contribution is 5.27. The molecular formula is C18H31NO2. The molecule has 1 unspecified atom stereocenters. The Morgan fingerprint density at radius 1 is 1.10 bits per heavy atom. The molecule has 120 valence electrons. The van der Waals surface area contributed by atoms with Crippen LogP contribution in [0.25, 0.3) is 0 Å². The third kappa shape index (κ3) is 8.08. The molecule has 0 aliphatic carbocycles. The van der Waals surface area contributed by atoms with Crippen LogP contribution in [0, 0.1) is 5.92 Å². The van der Waals surface area contributed by atoms with Gasteiger partial charge in [0.15, 0.2) is 0 Å². The van der Waals surface area contributed by atoms with E-state index in [0.29, 0.717) is 12.5 Å². The maximum Gasteiger partial charge on any atom is 0.134 e. The smallest absolute Gasteiger partial charge is 0.134 e. The first-order chi connectivity index (χ1) is 10.2. The third-order valence-electron chi connectivity index (χ3n) is 3.32.